The van der Waals surface area contributed by atoms with E-state index >= 15 is 0 Å². The highest BCUT2D eigenvalue weighted by atomic mass is 19.4. The fourth-order valence-electron chi connectivity index (χ4n) is 1.73. The van der Waals surface area contributed by atoms with E-state index in [0.29, 0.717) is 0 Å². The number of fused-ring (bicyclic) bond motifs is 1. The number of carbonyl (C=O) groups is 1. The monoisotopic (exact) mass is 285 g/mol. The Kier molecular flexibility index (Phi) is 3.47. The molecule has 1 aromatic heterocycles. The highest BCUT2D eigenvalue weighted by molar-refractivity contribution is 6.04. The average Bonchev–Trinajstić information content (AvgIpc) is 2.39. The number of alkyl halides is 3. The van der Waals surface area contributed by atoms with Crippen LogP contribution in [0.25, 0.3) is 10.8 Å². The summed E-state index contributed by atoms with van der Waals surface area (Å²) in [7, 11) is 1.33. The van der Waals surface area contributed by atoms with Crippen molar-refractivity contribution < 1.29 is 18.0 Å². The summed E-state index contributed by atoms with van der Waals surface area (Å²) in [6.07, 6.45) is -4.51. The van der Waals surface area contributed by atoms with Crippen LogP contribution in [0.15, 0.2) is 29.1 Å². The molecule has 2 aromatic rings. The van der Waals surface area contributed by atoms with E-state index < -0.39 is 24.2 Å². The van der Waals surface area contributed by atoms with Crippen molar-refractivity contribution >= 4 is 16.7 Å². The molecule has 2 rings (SSSR count). The predicted molar refractivity (Wildman–Crippen MR) is 65.4 cm³/mol. The van der Waals surface area contributed by atoms with Gasteiger partial charge in [-0.2, -0.15) is 18.3 Å². The van der Waals surface area contributed by atoms with Crippen LogP contribution in [0.2, 0.25) is 0 Å². The molecule has 0 unspecified atom stereocenters. The Morgan fingerprint density at radius 2 is 1.90 bits per heavy atom. The number of halogens is 3. The Bertz CT molecular complexity index is 722. The second kappa shape index (κ2) is 4.95. The van der Waals surface area contributed by atoms with E-state index in [1.807, 2.05) is 0 Å². The molecule has 0 atom stereocenters. The van der Waals surface area contributed by atoms with Crippen molar-refractivity contribution in [2.45, 2.75) is 6.18 Å². The number of aromatic nitrogens is 2. The van der Waals surface area contributed by atoms with E-state index in [4.69, 9.17) is 0 Å². The van der Waals surface area contributed by atoms with Gasteiger partial charge in [0.05, 0.1) is 5.39 Å². The lowest BCUT2D eigenvalue weighted by Gasteiger charge is -2.10. The van der Waals surface area contributed by atoms with Crippen LogP contribution in [-0.2, 0) is 7.05 Å². The number of nitrogens with one attached hydrogen (secondary N) is 1. The van der Waals surface area contributed by atoms with Gasteiger partial charge in [0.25, 0.3) is 11.5 Å². The Hall–Kier alpha value is -2.38. The van der Waals surface area contributed by atoms with Gasteiger partial charge in [0.1, 0.15) is 6.54 Å². The van der Waals surface area contributed by atoms with Gasteiger partial charge in [0.2, 0.25) is 0 Å². The third-order valence-electron chi connectivity index (χ3n) is 2.62. The molecule has 0 aliphatic heterocycles. The van der Waals surface area contributed by atoms with Crippen LogP contribution >= 0.6 is 0 Å². The summed E-state index contributed by atoms with van der Waals surface area (Å²) >= 11 is 0. The molecular formula is C12H10F3N3O2. The number of aryl methyl sites for hydroxylation is 1. The number of hydrogen-bond acceptors (Lipinski definition) is 3. The molecule has 106 valence electrons. The van der Waals surface area contributed by atoms with E-state index in [-0.39, 0.29) is 16.5 Å². The van der Waals surface area contributed by atoms with Gasteiger partial charge in [0.15, 0.2) is 5.69 Å². The molecule has 1 heterocycles. The Morgan fingerprint density at radius 1 is 1.30 bits per heavy atom. The van der Waals surface area contributed by atoms with Crippen molar-refractivity contribution in [1.29, 1.82) is 0 Å². The first-order valence-corrected chi connectivity index (χ1v) is 5.60. The fraction of sp³-hybridized carbons (Fsp3) is 0.250. The number of benzene rings is 1. The molecule has 1 amide bonds. The minimum absolute atomic E-state index is 0.216. The largest absolute Gasteiger partial charge is 0.405 e. The quantitative estimate of drug-likeness (QED) is 0.902. The minimum Gasteiger partial charge on any atom is -0.342 e. The van der Waals surface area contributed by atoms with E-state index in [1.54, 1.807) is 17.4 Å². The summed E-state index contributed by atoms with van der Waals surface area (Å²) in [5.74, 6) is -0.978. The van der Waals surface area contributed by atoms with Crippen LogP contribution in [0.1, 0.15) is 10.5 Å². The molecule has 0 aliphatic rings. The van der Waals surface area contributed by atoms with Crippen LogP contribution in [0.3, 0.4) is 0 Å². The normalized spacial score (nSPS) is 11.6. The van der Waals surface area contributed by atoms with Crippen LogP contribution in [0.4, 0.5) is 13.2 Å². The van der Waals surface area contributed by atoms with Crippen molar-refractivity contribution in [3.63, 3.8) is 0 Å². The molecule has 0 spiro atoms. The second-order valence-corrected chi connectivity index (χ2v) is 4.12. The summed E-state index contributed by atoms with van der Waals surface area (Å²) < 4.78 is 37.2. The maximum absolute atomic E-state index is 12.1. The SMILES string of the molecule is Cn1nc(C(=O)NCC(F)(F)F)c2ccccc2c1=O. The van der Waals surface area contributed by atoms with Gasteiger partial charge in [-0.15, -0.1) is 0 Å². The Balaban J connectivity index is 2.47. The third-order valence-corrected chi connectivity index (χ3v) is 2.62. The molecule has 0 radical (unpaired) electrons. The molecule has 1 N–H and O–H groups in total. The van der Waals surface area contributed by atoms with Crippen molar-refractivity contribution in [3.05, 3.63) is 40.3 Å². The van der Waals surface area contributed by atoms with E-state index in [0.717, 1.165) is 4.68 Å². The molecule has 0 saturated carbocycles. The number of carbonyl (C=O) groups excluding carboxylic acids is 1. The zero-order chi connectivity index (χ0) is 14.9. The number of amides is 1. The van der Waals surface area contributed by atoms with Crippen LogP contribution in [-0.4, -0.2) is 28.4 Å². The molecule has 0 aliphatic carbocycles. The smallest absolute Gasteiger partial charge is 0.342 e. The summed E-state index contributed by atoms with van der Waals surface area (Å²) in [5.41, 5.74) is -0.639. The lowest BCUT2D eigenvalue weighted by molar-refractivity contribution is -0.123. The summed E-state index contributed by atoms with van der Waals surface area (Å²) in [5, 5.41) is 5.90. The summed E-state index contributed by atoms with van der Waals surface area (Å²) in [6.45, 7) is -1.45. The minimum atomic E-state index is -4.51. The maximum Gasteiger partial charge on any atom is 0.405 e. The lowest BCUT2D eigenvalue weighted by atomic mass is 10.1. The van der Waals surface area contributed by atoms with Gasteiger partial charge in [-0.3, -0.25) is 9.59 Å². The zero-order valence-electron chi connectivity index (χ0n) is 10.4. The van der Waals surface area contributed by atoms with Crippen LogP contribution in [0.5, 0.6) is 0 Å². The standard InChI is InChI=1S/C12H10F3N3O2/c1-18-11(20)8-5-3-2-4-7(8)9(17-18)10(19)16-6-12(13,14)15/h2-5H,6H2,1H3,(H,16,19). The van der Waals surface area contributed by atoms with Crippen LogP contribution < -0.4 is 10.9 Å². The van der Waals surface area contributed by atoms with E-state index in [2.05, 4.69) is 5.10 Å². The topological polar surface area (TPSA) is 64.0 Å². The van der Waals surface area contributed by atoms with Crippen molar-refractivity contribution in [2.24, 2.45) is 7.05 Å². The lowest BCUT2D eigenvalue weighted by Crippen LogP contribution is -2.35. The second-order valence-electron chi connectivity index (χ2n) is 4.12. The van der Waals surface area contributed by atoms with Gasteiger partial charge in [-0.05, 0) is 6.07 Å². The first-order valence-electron chi connectivity index (χ1n) is 5.60. The van der Waals surface area contributed by atoms with Crippen molar-refractivity contribution in [1.82, 2.24) is 15.1 Å². The Labute approximate surface area is 111 Å². The van der Waals surface area contributed by atoms with E-state index in [9.17, 15) is 22.8 Å². The molecule has 0 fully saturated rings. The van der Waals surface area contributed by atoms with Crippen molar-refractivity contribution in [2.75, 3.05) is 6.54 Å². The van der Waals surface area contributed by atoms with Gasteiger partial charge in [-0.1, -0.05) is 18.2 Å². The molecule has 0 bridgehead atoms. The molecular weight excluding hydrogens is 275 g/mol. The molecule has 0 saturated heterocycles. The molecule has 5 nitrogen and oxygen atoms in total. The number of rotatable bonds is 2. The predicted octanol–water partition coefficient (Wildman–Crippen LogP) is 1.23. The van der Waals surface area contributed by atoms with E-state index in [1.165, 1.54) is 19.2 Å². The zero-order valence-corrected chi connectivity index (χ0v) is 10.4. The summed E-state index contributed by atoms with van der Waals surface area (Å²) in [4.78, 5) is 23.6. The average molecular weight is 285 g/mol. The van der Waals surface area contributed by atoms with Crippen LogP contribution in [0, 0.1) is 0 Å². The number of nitrogens with zero attached hydrogens (tertiary/aromatic N) is 2. The molecule has 8 heteroatoms. The highest BCUT2D eigenvalue weighted by Gasteiger charge is 2.28. The van der Waals surface area contributed by atoms with Crippen molar-refractivity contribution in [3.8, 4) is 0 Å². The van der Waals surface area contributed by atoms with Gasteiger partial charge < -0.3 is 5.32 Å². The van der Waals surface area contributed by atoms with Gasteiger partial charge in [-0.25, -0.2) is 4.68 Å². The fourth-order valence-corrected chi connectivity index (χ4v) is 1.73. The summed E-state index contributed by atoms with van der Waals surface area (Å²) in [6, 6.07) is 6.12. The Morgan fingerprint density at radius 3 is 2.50 bits per heavy atom. The van der Waals surface area contributed by atoms with Gasteiger partial charge >= 0.3 is 6.18 Å². The third kappa shape index (κ3) is 2.79. The van der Waals surface area contributed by atoms with Gasteiger partial charge in [0, 0.05) is 12.4 Å². The molecule has 1 aromatic carbocycles. The first kappa shape index (κ1) is 14.0. The number of hydrogen-bond donors (Lipinski definition) is 1. The highest BCUT2D eigenvalue weighted by Crippen LogP contribution is 2.15. The maximum atomic E-state index is 12.1. The molecule has 20 heavy (non-hydrogen) atoms. The first-order chi connectivity index (χ1) is 9.29.